The molecular weight excluding hydrogens is 314 g/mol. The largest absolute Gasteiger partial charge is 0.395 e. The minimum absolute atomic E-state index is 0.0319. The summed E-state index contributed by atoms with van der Waals surface area (Å²) in [5, 5.41) is 9.14. The van der Waals surface area contributed by atoms with E-state index in [2.05, 4.69) is 23.1 Å². The van der Waals surface area contributed by atoms with E-state index >= 15 is 0 Å². The molecule has 0 saturated heterocycles. The number of anilines is 2. The topological polar surface area (TPSA) is 69.8 Å². The van der Waals surface area contributed by atoms with Crippen molar-refractivity contribution in [1.29, 1.82) is 0 Å². The smallest absolute Gasteiger partial charge is 0.228 e. The second-order valence-corrected chi connectivity index (χ2v) is 6.44. The van der Waals surface area contributed by atoms with Crippen LogP contribution in [0.2, 0.25) is 0 Å². The molecule has 2 aromatic rings. The number of rotatable bonds is 5. The summed E-state index contributed by atoms with van der Waals surface area (Å²) in [6, 6.07) is 17.9. The van der Waals surface area contributed by atoms with Crippen LogP contribution in [0.4, 0.5) is 11.4 Å². The van der Waals surface area contributed by atoms with Crippen molar-refractivity contribution in [2.45, 2.75) is 25.4 Å². The van der Waals surface area contributed by atoms with Gasteiger partial charge in [-0.05, 0) is 24.1 Å². The van der Waals surface area contributed by atoms with Crippen molar-refractivity contribution in [3.05, 3.63) is 60.2 Å². The van der Waals surface area contributed by atoms with Crippen LogP contribution in [0.25, 0.3) is 0 Å². The Bertz CT molecular complexity index is 705. The van der Waals surface area contributed by atoms with Gasteiger partial charge in [0, 0.05) is 32.1 Å². The summed E-state index contributed by atoms with van der Waals surface area (Å²) in [6.45, 7) is 2.19. The molecule has 0 spiro atoms. The van der Waals surface area contributed by atoms with Crippen LogP contribution in [-0.4, -0.2) is 36.8 Å². The third kappa shape index (κ3) is 4.18. The average molecular weight is 339 g/mol. The number of aliphatic hydroxyl groups excluding tert-OH is 1. The molecule has 1 atom stereocenters. The number of hydrogen-bond acceptors (Lipinski definition) is 4. The number of benzene rings is 2. The molecule has 25 heavy (non-hydrogen) atoms. The number of amides is 1. The highest BCUT2D eigenvalue weighted by molar-refractivity contribution is 5.97. The zero-order chi connectivity index (χ0) is 17.6. The third-order valence-corrected chi connectivity index (χ3v) is 4.51. The summed E-state index contributed by atoms with van der Waals surface area (Å²) in [5.41, 5.74) is 9.00. The lowest BCUT2D eigenvalue weighted by molar-refractivity contribution is -0.119. The first-order chi connectivity index (χ1) is 12.2. The Balaban J connectivity index is 1.86. The fraction of sp³-hybridized carbons (Fsp3) is 0.350. The molecule has 1 amide bonds. The Labute approximate surface area is 148 Å². The van der Waals surface area contributed by atoms with Gasteiger partial charge in [-0.25, -0.2) is 0 Å². The Morgan fingerprint density at radius 1 is 1.04 bits per heavy atom. The fourth-order valence-electron chi connectivity index (χ4n) is 3.25. The first-order valence-corrected chi connectivity index (χ1v) is 8.73. The summed E-state index contributed by atoms with van der Waals surface area (Å²) < 4.78 is 0. The molecule has 132 valence electrons. The molecule has 0 aliphatic carbocycles. The van der Waals surface area contributed by atoms with Gasteiger partial charge in [-0.1, -0.05) is 42.5 Å². The maximum atomic E-state index is 12.7. The first kappa shape index (κ1) is 17.5. The van der Waals surface area contributed by atoms with Crippen molar-refractivity contribution in [3.8, 4) is 0 Å². The molecule has 3 N–H and O–H groups in total. The number of hydrogen-bond donors (Lipinski definition) is 2. The molecule has 0 saturated carbocycles. The number of carbonyl (C=O) groups is 1. The number of para-hydroxylation sites is 2. The lowest BCUT2D eigenvalue weighted by Crippen LogP contribution is -2.37. The minimum atomic E-state index is -0.511. The molecule has 5 nitrogen and oxygen atoms in total. The molecule has 2 aromatic carbocycles. The van der Waals surface area contributed by atoms with E-state index in [-0.39, 0.29) is 18.9 Å². The van der Waals surface area contributed by atoms with Crippen LogP contribution in [0.3, 0.4) is 0 Å². The normalized spacial score (nSPS) is 15.4. The third-order valence-electron chi connectivity index (χ3n) is 4.51. The van der Waals surface area contributed by atoms with Gasteiger partial charge in [0.15, 0.2) is 0 Å². The van der Waals surface area contributed by atoms with Gasteiger partial charge in [0.1, 0.15) is 0 Å². The van der Waals surface area contributed by atoms with Crippen LogP contribution in [0.5, 0.6) is 0 Å². The molecule has 1 aliphatic rings. The number of nitrogens with two attached hydrogens (primary N) is 1. The average Bonchev–Trinajstić information content (AvgIpc) is 2.82. The van der Waals surface area contributed by atoms with Crippen molar-refractivity contribution in [1.82, 2.24) is 0 Å². The zero-order valence-corrected chi connectivity index (χ0v) is 14.3. The molecular formula is C20H25N3O2. The van der Waals surface area contributed by atoms with Crippen LogP contribution in [0, 0.1) is 0 Å². The Hall–Kier alpha value is -2.37. The van der Waals surface area contributed by atoms with E-state index in [4.69, 9.17) is 10.8 Å². The van der Waals surface area contributed by atoms with E-state index in [0.717, 1.165) is 30.9 Å². The monoisotopic (exact) mass is 339 g/mol. The second-order valence-electron chi connectivity index (χ2n) is 6.44. The second kappa shape index (κ2) is 8.14. The van der Waals surface area contributed by atoms with E-state index in [9.17, 15) is 4.79 Å². The van der Waals surface area contributed by atoms with Gasteiger partial charge >= 0.3 is 0 Å². The lowest BCUT2D eigenvalue weighted by atomic mass is 10.1. The Morgan fingerprint density at radius 3 is 2.44 bits per heavy atom. The fourth-order valence-corrected chi connectivity index (χ4v) is 3.25. The van der Waals surface area contributed by atoms with Crippen molar-refractivity contribution in [2.75, 3.05) is 29.5 Å². The summed E-state index contributed by atoms with van der Waals surface area (Å²) in [5.74, 6) is -0.0319. The van der Waals surface area contributed by atoms with Crippen molar-refractivity contribution in [3.63, 3.8) is 0 Å². The van der Waals surface area contributed by atoms with Crippen molar-refractivity contribution in [2.24, 2.45) is 5.73 Å². The molecule has 1 aliphatic heterocycles. The highest BCUT2D eigenvalue weighted by atomic mass is 16.3. The Morgan fingerprint density at radius 2 is 1.72 bits per heavy atom. The van der Waals surface area contributed by atoms with E-state index in [1.54, 1.807) is 0 Å². The van der Waals surface area contributed by atoms with Crippen molar-refractivity contribution >= 4 is 17.3 Å². The molecule has 0 bridgehead atoms. The standard InChI is InChI=1S/C20H25N3O2/c21-17(15-24)13-20(25)23-12-6-11-22(14-16-7-2-1-3-8-16)18-9-4-5-10-19(18)23/h1-5,7-10,17,24H,6,11-15,21H2/t17-/m1/s1. The van der Waals surface area contributed by atoms with Gasteiger partial charge in [-0.3, -0.25) is 4.79 Å². The van der Waals surface area contributed by atoms with Crippen LogP contribution in [0.1, 0.15) is 18.4 Å². The Kier molecular flexibility index (Phi) is 5.68. The van der Waals surface area contributed by atoms with E-state index in [0.29, 0.717) is 6.54 Å². The maximum absolute atomic E-state index is 12.7. The molecule has 5 heteroatoms. The quantitative estimate of drug-likeness (QED) is 0.876. The summed E-state index contributed by atoms with van der Waals surface area (Å²) >= 11 is 0. The molecule has 0 aromatic heterocycles. The molecule has 0 radical (unpaired) electrons. The SMILES string of the molecule is N[C@@H](CO)CC(=O)N1CCCN(Cc2ccccc2)c2ccccc21. The minimum Gasteiger partial charge on any atom is -0.395 e. The number of nitrogens with zero attached hydrogens (tertiary/aromatic N) is 2. The van der Waals surface area contributed by atoms with E-state index < -0.39 is 6.04 Å². The first-order valence-electron chi connectivity index (χ1n) is 8.73. The summed E-state index contributed by atoms with van der Waals surface area (Å²) in [6.07, 6.45) is 1.05. The van der Waals surface area contributed by atoms with Crippen LogP contribution in [0.15, 0.2) is 54.6 Å². The molecule has 3 rings (SSSR count). The maximum Gasteiger partial charge on any atom is 0.228 e. The number of carbonyl (C=O) groups excluding carboxylic acids is 1. The van der Waals surface area contributed by atoms with Gasteiger partial charge in [0.25, 0.3) is 0 Å². The predicted molar refractivity (Wildman–Crippen MR) is 101 cm³/mol. The molecule has 1 heterocycles. The molecule has 0 unspecified atom stereocenters. The van der Waals surface area contributed by atoms with Crippen LogP contribution >= 0.6 is 0 Å². The van der Waals surface area contributed by atoms with E-state index in [1.807, 2.05) is 41.3 Å². The zero-order valence-electron chi connectivity index (χ0n) is 14.3. The van der Waals surface area contributed by atoms with Gasteiger partial charge < -0.3 is 20.6 Å². The predicted octanol–water partition coefficient (Wildman–Crippen LogP) is 2.14. The van der Waals surface area contributed by atoms with Gasteiger partial charge in [-0.15, -0.1) is 0 Å². The number of aliphatic hydroxyl groups is 1. The summed E-state index contributed by atoms with van der Waals surface area (Å²) in [4.78, 5) is 16.8. The lowest BCUT2D eigenvalue weighted by Gasteiger charge is -2.27. The highest BCUT2D eigenvalue weighted by Gasteiger charge is 2.25. The van der Waals surface area contributed by atoms with Crippen LogP contribution in [-0.2, 0) is 11.3 Å². The van der Waals surface area contributed by atoms with Gasteiger partial charge in [0.05, 0.1) is 18.0 Å². The van der Waals surface area contributed by atoms with Gasteiger partial charge in [0.2, 0.25) is 5.91 Å². The summed E-state index contributed by atoms with van der Waals surface area (Å²) in [7, 11) is 0. The van der Waals surface area contributed by atoms with Crippen LogP contribution < -0.4 is 15.5 Å². The molecule has 0 fully saturated rings. The van der Waals surface area contributed by atoms with Crippen molar-refractivity contribution < 1.29 is 9.90 Å². The highest BCUT2D eigenvalue weighted by Crippen LogP contribution is 2.33. The van der Waals surface area contributed by atoms with E-state index in [1.165, 1.54) is 5.56 Å². The van der Waals surface area contributed by atoms with Gasteiger partial charge in [-0.2, -0.15) is 0 Å². The number of fused-ring (bicyclic) bond motifs is 1.